The van der Waals surface area contributed by atoms with Gasteiger partial charge < -0.3 is 0 Å². The van der Waals surface area contributed by atoms with Gasteiger partial charge >= 0.3 is 0 Å². The number of piperidine rings is 1. The van der Waals surface area contributed by atoms with Crippen LogP contribution < -0.4 is 0 Å². The van der Waals surface area contributed by atoms with Gasteiger partial charge in [-0.3, -0.25) is 4.90 Å². The Labute approximate surface area is 111 Å². The fourth-order valence-electron chi connectivity index (χ4n) is 3.81. The molecule has 1 nitrogen and oxygen atoms in total. The van der Waals surface area contributed by atoms with Gasteiger partial charge in [0, 0.05) is 12.1 Å². The first-order valence-corrected chi connectivity index (χ1v) is 7.73. The molecule has 0 saturated carbocycles. The summed E-state index contributed by atoms with van der Waals surface area (Å²) in [4.78, 5) is 2.78. The Balaban J connectivity index is 1.74. The smallest absolute Gasteiger partial charge is 0.0351 e. The molecule has 2 saturated heterocycles. The zero-order chi connectivity index (χ0) is 12.4. The van der Waals surface area contributed by atoms with E-state index in [4.69, 9.17) is 0 Å². The highest BCUT2D eigenvalue weighted by molar-refractivity contribution is 5.26. The molecule has 0 bridgehead atoms. The van der Waals surface area contributed by atoms with Crippen LogP contribution in [0.15, 0.2) is 24.3 Å². The van der Waals surface area contributed by atoms with Crippen molar-refractivity contribution in [3.63, 3.8) is 0 Å². The molecule has 98 valence electrons. The topological polar surface area (TPSA) is 3.24 Å². The number of rotatable bonds is 3. The standard InChI is InChI=1S/C17H25N/c1-2-5-14-7-9-15(10-8-14)17-12-11-16-6-3-4-13-18(16)17/h7-10,16-17H,2-6,11-13H2,1H3/t16-,17-/m0/s1. The summed E-state index contributed by atoms with van der Waals surface area (Å²) in [5.74, 6) is 0. The SMILES string of the molecule is CCCc1ccc([C@@H]2CC[C@@H]3CCCCN32)cc1. The summed E-state index contributed by atoms with van der Waals surface area (Å²) >= 11 is 0. The van der Waals surface area contributed by atoms with Crippen LogP contribution >= 0.6 is 0 Å². The van der Waals surface area contributed by atoms with E-state index < -0.39 is 0 Å². The molecule has 0 aromatic heterocycles. The highest BCUT2D eigenvalue weighted by Crippen LogP contribution is 2.40. The van der Waals surface area contributed by atoms with Crippen LogP contribution in [-0.4, -0.2) is 17.5 Å². The van der Waals surface area contributed by atoms with E-state index in [9.17, 15) is 0 Å². The summed E-state index contributed by atoms with van der Waals surface area (Å²) in [6, 6.07) is 11.1. The highest BCUT2D eigenvalue weighted by Gasteiger charge is 2.35. The molecule has 0 N–H and O–H groups in total. The van der Waals surface area contributed by atoms with Crippen LogP contribution in [0.3, 0.4) is 0 Å². The molecule has 0 unspecified atom stereocenters. The van der Waals surface area contributed by atoms with Crippen LogP contribution in [0.2, 0.25) is 0 Å². The zero-order valence-electron chi connectivity index (χ0n) is 11.6. The summed E-state index contributed by atoms with van der Waals surface area (Å²) < 4.78 is 0. The fourth-order valence-corrected chi connectivity index (χ4v) is 3.81. The molecule has 0 aliphatic carbocycles. The Morgan fingerprint density at radius 3 is 2.67 bits per heavy atom. The van der Waals surface area contributed by atoms with Gasteiger partial charge in [-0.2, -0.15) is 0 Å². The monoisotopic (exact) mass is 243 g/mol. The normalized spacial score (nSPS) is 28.3. The molecule has 0 radical (unpaired) electrons. The number of benzene rings is 1. The highest BCUT2D eigenvalue weighted by atomic mass is 15.2. The van der Waals surface area contributed by atoms with Crippen molar-refractivity contribution in [1.82, 2.24) is 4.90 Å². The molecule has 1 heteroatoms. The van der Waals surface area contributed by atoms with Crippen LogP contribution in [0.1, 0.15) is 62.6 Å². The van der Waals surface area contributed by atoms with E-state index in [-0.39, 0.29) is 0 Å². The van der Waals surface area contributed by atoms with Gasteiger partial charge in [0.2, 0.25) is 0 Å². The van der Waals surface area contributed by atoms with E-state index in [1.165, 1.54) is 57.1 Å². The molecular weight excluding hydrogens is 218 g/mol. The molecule has 3 rings (SSSR count). The Hall–Kier alpha value is -0.820. The largest absolute Gasteiger partial charge is 0.293 e. The lowest BCUT2D eigenvalue weighted by molar-refractivity contribution is 0.150. The summed E-state index contributed by atoms with van der Waals surface area (Å²) in [6.07, 6.45) is 9.54. The molecule has 1 aromatic carbocycles. The van der Waals surface area contributed by atoms with Crippen molar-refractivity contribution < 1.29 is 0 Å². The van der Waals surface area contributed by atoms with Gasteiger partial charge in [0.1, 0.15) is 0 Å². The molecule has 2 aliphatic rings. The van der Waals surface area contributed by atoms with Gasteiger partial charge in [0.15, 0.2) is 0 Å². The predicted molar refractivity (Wildman–Crippen MR) is 76.8 cm³/mol. The van der Waals surface area contributed by atoms with E-state index in [0.29, 0.717) is 6.04 Å². The summed E-state index contributed by atoms with van der Waals surface area (Å²) in [7, 11) is 0. The van der Waals surface area contributed by atoms with Crippen molar-refractivity contribution in [2.24, 2.45) is 0 Å². The maximum atomic E-state index is 2.78. The molecule has 2 fully saturated rings. The van der Waals surface area contributed by atoms with Crippen molar-refractivity contribution in [3.8, 4) is 0 Å². The van der Waals surface area contributed by atoms with Crippen LogP contribution in [0.4, 0.5) is 0 Å². The summed E-state index contributed by atoms with van der Waals surface area (Å²) in [5, 5.41) is 0. The molecule has 18 heavy (non-hydrogen) atoms. The molecular formula is C17H25N. The number of fused-ring (bicyclic) bond motifs is 1. The Morgan fingerprint density at radius 2 is 1.89 bits per heavy atom. The van der Waals surface area contributed by atoms with E-state index in [2.05, 4.69) is 36.1 Å². The van der Waals surface area contributed by atoms with Crippen LogP contribution in [0.25, 0.3) is 0 Å². The van der Waals surface area contributed by atoms with Crippen molar-refractivity contribution in [2.45, 2.75) is 64.0 Å². The first-order chi connectivity index (χ1) is 8.88. The summed E-state index contributed by atoms with van der Waals surface area (Å²) in [5.41, 5.74) is 3.05. The molecule has 0 amide bonds. The minimum Gasteiger partial charge on any atom is -0.293 e. The molecule has 1 aromatic rings. The van der Waals surface area contributed by atoms with Crippen molar-refractivity contribution in [2.75, 3.05) is 6.54 Å². The number of aryl methyl sites for hydroxylation is 1. The Morgan fingerprint density at radius 1 is 1.06 bits per heavy atom. The second kappa shape index (κ2) is 5.44. The maximum Gasteiger partial charge on any atom is 0.0351 e. The third-order valence-electron chi connectivity index (χ3n) is 4.75. The Bertz CT molecular complexity index is 381. The van der Waals surface area contributed by atoms with E-state index in [1.807, 2.05) is 0 Å². The molecule has 2 atom stereocenters. The quantitative estimate of drug-likeness (QED) is 0.764. The van der Waals surface area contributed by atoms with Gasteiger partial charge in [-0.25, -0.2) is 0 Å². The second-order valence-corrected chi connectivity index (χ2v) is 5.97. The van der Waals surface area contributed by atoms with Crippen LogP contribution in [-0.2, 0) is 6.42 Å². The van der Waals surface area contributed by atoms with E-state index in [0.717, 1.165) is 6.04 Å². The fraction of sp³-hybridized carbons (Fsp3) is 0.647. The second-order valence-electron chi connectivity index (χ2n) is 5.97. The van der Waals surface area contributed by atoms with Gasteiger partial charge in [-0.05, 0) is 49.8 Å². The van der Waals surface area contributed by atoms with Gasteiger partial charge in [0.05, 0.1) is 0 Å². The zero-order valence-corrected chi connectivity index (χ0v) is 11.6. The average Bonchev–Trinajstić information content (AvgIpc) is 2.84. The lowest BCUT2D eigenvalue weighted by atomic mass is 10.0. The molecule has 0 spiro atoms. The average molecular weight is 243 g/mol. The minimum absolute atomic E-state index is 0.714. The summed E-state index contributed by atoms with van der Waals surface area (Å²) in [6.45, 7) is 3.58. The molecule has 2 aliphatic heterocycles. The first kappa shape index (κ1) is 12.2. The lowest BCUT2D eigenvalue weighted by Crippen LogP contribution is -2.35. The van der Waals surface area contributed by atoms with Crippen molar-refractivity contribution >= 4 is 0 Å². The molecule has 2 heterocycles. The Kier molecular flexibility index (Phi) is 3.69. The number of nitrogens with zero attached hydrogens (tertiary/aromatic N) is 1. The number of hydrogen-bond donors (Lipinski definition) is 0. The number of hydrogen-bond acceptors (Lipinski definition) is 1. The van der Waals surface area contributed by atoms with E-state index in [1.54, 1.807) is 5.56 Å². The van der Waals surface area contributed by atoms with Gasteiger partial charge in [-0.1, -0.05) is 44.0 Å². The van der Waals surface area contributed by atoms with Crippen LogP contribution in [0, 0.1) is 0 Å². The predicted octanol–water partition coefficient (Wildman–Crippen LogP) is 4.33. The van der Waals surface area contributed by atoms with Crippen LogP contribution in [0.5, 0.6) is 0 Å². The minimum atomic E-state index is 0.714. The van der Waals surface area contributed by atoms with E-state index >= 15 is 0 Å². The van der Waals surface area contributed by atoms with Crippen molar-refractivity contribution in [3.05, 3.63) is 35.4 Å². The maximum absolute atomic E-state index is 2.78. The third kappa shape index (κ3) is 2.33. The van der Waals surface area contributed by atoms with Gasteiger partial charge in [-0.15, -0.1) is 0 Å². The lowest BCUT2D eigenvalue weighted by Gasteiger charge is -2.34. The van der Waals surface area contributed by atoms with Crippen molar-refractivity contribution in [1.29, 1.82) is 0 Å². The third-order valence-corrected chi connectivity index (χ3v) is 4.75. The van der Waals surface area contributed by atoms with Gasteiger partial charge in [0.25, 0.3) is 0 Å². The first-order valence-electron chi connectivity index (χ1n) is 7.73.